The summed E-state index contributed by atoms with van der Waals surface area (Å²) >= 11 is 6.89. The van der Waals surface area contributed by atoms with Crippen LogP contribution in [0.4, 0.5) is 5.95 Å². The summed E-state index contributed by atoms with van der Waals surface area (Å²) in [7, 11) is 0. The summed E-state index contributed by atoms with van der Waals surface area (Å²) in [6.07, 6.45) is 3.55. The Hall–Kier alpha value is -2.10. The minimum atomic E-state index is 0.409. The number of hydrogen-bond donors (Lipinski definition) is 0. The molecule has 0 aliphatic carbocycles. The number of piperazine rings is 1. The zero-order chi connectivity index (χ0) is 16.4. The van der Waals surface area contributed by atoms with E-state index < -0.39 is 0 Å². The summed E-state index contributed by atoms with van der Waals surface area (Å²) < 4.78 is 7.36. The Labute approximate surface area is 148 Å². The molecule has 0 radical (unpaired) electrons. The average molecular weight is 360 g/mol. The normalized spacial score (nSPS) is 15.8. The highest BCUT2D eigenvalue weighted by Crippen LogP contribution is 2.23. The molecule has 3 aromatic heterocycles. The van der Waals surface area contributed by atoms with Gasteiger partial charge in [0.05, 0.1) is 11.5 Å². The molecule has 24 heavy (non-hydrogen) atoms. The smallest absolute Gasteiger partial charge is 0.288 e. The Morgan fingerprint density at radius 2 is 1.92 bits per heavy atom. The van der Waals surface area contributed by atoms with E-state index in [0.717, 1.165) is 37.0 Å². The van der Waals surface area contributed by atoms with Gasteiger partial charge in [0.2, 0.25) is 5.95 Å². The van der Waals surface area contributed by atoms with Gasteiger partial charge in [-0.25, -0.2) is 14.6 Å². The van der Waals surface area contributed by atoms with E-state index in [2.05, 4.69) is 24.9 Å². The van der Waals surface area contributed by atoms with Crippen molar-refractivity contribution in [1.29, 1.82) is 0 Å². The van der Waals surface area contributed by atoms with Gasteiger partial charge in [-0.05, 0) is 29.7 Å². The number of thiophene rings is 1. The maximum Gasteiger partial charge on any atom is 0.288 e. The third-order valence-corrected chi connectivity index (χ3v) is 5.03. The molecule has 1 fully saturated rings. The maximum absolute atomic E-state index is 5.61. The largest absolute Gasteiger partial charge is 0.408 e. The molecule has 124 valence electrons. The second-order valence-electron chi connectivity index (χ2n) is 5.45. The lowest BCUT2D eigenvalue weighted by molar-refractivity contribution is 0.191. The Morgan fingerprint density at radius 3 is 2.62 bits per heavy atom. The first-order chi connectivity index (χ1) is 11.8. The summed E-state index contributed by atoms with van der Waals surface area (Å²) in [6, 6.07) is 5.79. The van der Waals surface area contributed by atoms with E-state index >= 15 is 0 Å². The van der Waals surface area contributed by atoms with Crippen molar-refractivity contribution in [3.63, 3.8) is 0 Å². The Balaban J connectivity index is 1.40. The van der Waals surface area contributed by atoms with E-state index in [1.807, 2.05) is 23.6 Å². The highest BCUT2D eigenvalue weighted by molar-refractivity contribution is 7.71. The third-order valence-electron chi connectivity index (χ3n) is 3.88. The second kappa shape index (κ2) is 6.80. The summed E-state index contributed by atoms with van der Waals surface area (Å²) in [5.74, 6) is 1.38. The Kier molecular flexibility index (Phi) is 4.37. The van der Waals surface area contributed by atoms with Crippen molar-refractivity contribution in [2.75, 3.05) is 31.1 Å². The molecule has 1 saturated heterocycles. The lowest BCUT2D eigenvalue weighted by Crippen LogP contribution is -2.47. The van der Waals surface area contributed by atoms with E-state index in [0.29, 0.717) is 17.4 Å². The van der Waals surface area contributed by atoms with Crippen LogP contribution in [0.2, 0.25) is 0 Å². The molecule has 0 atom stereocenters. The van der Waals surface area contributed by atoms with Gasteiger partial charge in [-0.3, -0.25) is 4.90 Å². The highest BCUT2D eigenvalue weighted by Gasteiger charge is 2.20. The second-order valence-corrected chi connectivity index (χ2v) is 6.74. The zero-order valence-electron chi connectivity index (χ0n) is 12.9. The number of nitrogens with zero attached hydrogens (tertiary/aromatic N) is 6. The molecule has 0 saturated carbocycles. The molecular formula is C15H16N6OS2. The summed E-state index contributed by atoms with van der Waals surface area (Å²) in [6.45, 7) is 4.21. The molecule has 0 N–H and O–H groups in total. The fourth-order valence-electron chi connectivity index (χ4n) is 2.63. The van der Waals surface area contributed by atoms with Crippen molar-refractivity contribution in [2.24, 2.45) is 0 Å². The van der Waals surface area contributed by atoms with Crippen LogP contribution in [0, 0.1) is 4.84 Å². The third kappa shape index (κ3) is 3.23. The standard InChI is InChI=1S/C15H16N6OS2/c23-15-21(18-13(22-15)12-3-1-10-24-12)11-19-6-8-20(9-7-19)14-16-4-2-5-17-14/h1-5,10H,6-9,11H2. The summed E-state index contributed by atoms with van der Waals surface area (Å²) in [4.78, 5) is 14.5. The predicted octanol–water partition coefficient (Wildman–Crippen LogP) is 2.50. The van der Waals surface area contributed by atoms with Gasteiger partial charge in [0.1, 0.15) is 0 Å². The topological polar surface area (TPSA) is 63.2 Å². The first kappa shape index (κ1) is 15.4. The van der Waals surface area contributed by atoms with Gasteiger partial charge in [0.25, 0.3) is 10.7 Å². The van der Waals surface area contributed by atoms with E-state index in [4.69, 9.17) is 16.6 Å². The Morgan fingerprint density at radius 1 is 1.12 bits per heavy atom. The molecule has 1 aliphatic rings. The predicted molar refractivity (Wildman–Crippen MR) is 94.5 cm³/mol. The molecule has 7 nitrogen and oxygen atoms in total. The van der Waals surface area contributed by atoms with E-state index in [9.17, 15) is 0 Å². The summed E-state index contributed by atoms with van der Waals surface area (Å²) in [5.41, 5.74) is 0. The molecule has 0 spiro atoms. The molecule has 0 aromatic carbocycles. The van der Waals surface area contributed by atoms with Crippen LogP contribution >= 0.6 is 23.6 Å². The monoisotopic (exact) mass is 360 g/mol. The van der Waals surface area contributed by atoms with Crippen molar-refractivity contribution in [2.45, 2.75) is 6.67 Å². The lowest BCUT2D eigenvalue weighted by atomic mass is 10.3. The fraction of sp³-hybridized carbons (Fsp3) is 0.333. The number of aromatic nitrogens is 4. The van der Waals surface area contributed by atoms with Crippen molar-refractivity contribution >= 4 is 29.5 Å². The van der Waals surface area contributed by atoms with Gasteiger partial charge in [0, 0.05) is 38.6 Å². The Bertz CT molecular complexity index is 836. The van der Waals surface area contributed by atoms with Crippen LogP contribution < -0.4 is 4.90 Å². The first-order valence-corrected chi connectivity index (χ1v) is 8.94. The molecule has 0 amide bonds. The van der Waals surface area contributed by atoms with Crippen molar-refractivity contribution in [3.05, 3.63) is 40.8 Å². The van der Waals surface area contributed by atoms with E-state index in [1.165, 1.54) is 0 Å². The first-order valence-electron chi connectivity index (χ1n) is 7.66. The van der Waals surface area contributed by atoms with Crippen molar-refractivity contribution < 1.29 is 4.42 Å². The number of anilines is 1. The molecule has 4 heterocycles. The molecule has 0 unspecified atom stereocenters. The van der Waals surface area contributed by atoms with Crippen LogP contribution in [0.1, 0.15) is 0 Å². The molecule has 1 aliphatic heterocycles. The number of rotatable bonds is 4. The SMILES string of the molecule is S=c1oc(-c2cccs2)nn1CN1CCN(c2ncccn2)CC1. The van der Waals surface area contributed by atoms with Crippen LogP contribution in [0.15, 0.2) is 40.4 Å². The fourth-order valence-corrected chi connectivity index (χ4v) is 3.45. The molecule has 0 bridgehead atoms. The van der Waals surface area contributed by atoms with Gasteiger partial charge >= 0.3 is 0 Å². The van der Waals surface area contributed by atoms with Crippen molar-refractivity contribution in [1.82, 2.24) is 24.6 Å². The minimum Gasteiger partial charge on any atom is -0.408 e. The quantitative estimate of drug-likeness (QED) is 0.662. The van der Waals surface area contributed by atoms with Gasteiger partial charge in [-0.15, -0.1) is 16.4 Å². The van der Waals surface area contributed by atoms with Crippen molar-refractivity contribution in [3.8, 4) is 10.8 Å². The van der Waals surface area contributed by atoms with E-state index in [1.54, 1.807) is 28.4 Å². The molecule has 4 rings (SSSR count). The minimum absolute atomic E-state index is 0.409. The molecular weight excluding hydrogens is 344 g/mol. The van der Waals surface area contributed by atoms with Crippen LogP contribution in [-0.2, 0) is 6.67 Å². The van der Waals surface area contributed by atoms with Gasteiger partial charge in [-0.1, -0.05) is 6.07 Å². The van der Waals surface area contributed by atoms with Crippen LogP contribution in [0.3, 0.4) is 0 Å². The van der Waals surface area contributed by atoms with Crippen LogP contribution in [0.5, 0.6) is 0 Å². The summed E-state index contributed by atoms with van der Waals surface area (Å²) in [5, 5.41) is 6.50. The number of hydrogen-bond acceptors (Lipinski definition) is 8. The van der Waals surface area contributed by atoms with Crippen LogP contribution in [0.25, 0.3) is 10.8 Å². The average Bonchev–Trinajstić information content (AvgIpc) is 3.27. The van der Waals surface area contributed by atoms with Gasteiger partial charge in [0.15, 0.2) is 0 Å². The van der Waals surface area contributed by atoms with Gasteiger partial charge in [-0.2, -0.15) is 0 Å². The van der Waals surface area contributed by atoms with Crippen LogP contribution in [-0.4, -0.2) is 50.8 Å². The van der Waals surface area contributed by atoms with E-state index in [-0.39, 0.29) is 0 Å². The maximum atomic E-state index is 5.61. The highest BCUT2D eigenvalue weighted by atomic mass is 32.1. The molecule has 3 aromatic rings. The van der Waals surface area contributed by atoms with Gasteiger partial charge < -0.3 is 9.32 Å². The lowest BCUT2D eigenvalue weighted by Gasteiger charge is -2.34. The molecule has 9 heteroatoms. The zero-order valence-corrected chi connectivity index (χ0v) is 14.5.